The van der Waals surface area contributed by atoms with Crippen LogP contribution >= 0.6 is 0 Å². The topological polar surface area (TPSA) is 106 Å². The number of methoxy groups -OCH3 is 1. The summed E-state index contributed by atoms with van der Waals surface area (Å²) in [6.45, 7) is 6.28. The van der Waals surface area contributed by atoms with Gasteiger partial charge in [-0.3, -0.25) is 9.59 Å². The zero-order valence-electron chi connectivity index (χ0n) is 26.7. The molecule has 0 aromatic heterocycles. The molecule has 2 aromatic carbocycles. The summed E-state index contributed by atoms with van der Waals surface area (Å²) < 4.78 is 16.4. The van der Waals surface area contributed by atoms with Crippen molar-refractivity contribution in [3.05, 3.63) is 71.3 Å². The van der Waals surface area contributed by atoms with E-state index in [1.165, 1.54) is 19.3 Å². The predicted molar refractivity (Wildman–Crippen MR) is 172 cm³/mol. The smallest absolute Gasteiger partial charge is 0.332 e. The summed E-state index contributed by atoms with van der Waals surface area (Å²) in [6.07, 6.45) is 7.26. The van der Waals surface area contributed by atoms with Crippen LogP contribution in [0.25, 0.3) is 0 Å². The van der Waals surface area contributed by atoms with E-state index in [4.69, 9.17) is 14.2 Å². The Morgan fingerprint density at radius 3 is 2.30 bits per heavy atom. The third-order valence-corrected chi connectivity index (χ3v) is 7.86. The van der Waals surface area contributed by atoms with Gasteiger partial charge in [-0.25, -0.2) is 4.79 Å². The molecule has 1 fully saturated rings. The Hall–Kier alpha value is -3.27. The molecule has 242 valence electrons. The normalized spacial score (nSPS) is 14.9. The Labute approximate surface area is 263 Å². The molecular formula is C35H51N3O6. The van der Waals surface area contributed by atoms with Gasteiger partial charge in [0, 0.05) is 43.9 Å². The molecule has 2 atom stereocenters. The van der Waals surface area contributed by atoms with E-state index in [9.17, 15) is 14.4 Å². The van der Waals surface area contributed by atoms with E-state index in [0.717, 1.165) is 31.2 Å². The van der Waals surface area contributed by atoms with Crippen molar-refractivity contribution < 1.29 is 28.6 Å². The minimum absolute atomic E-state index is 0.0823. The van der Waals surface area contributed by atoms with Crippen molar-refractivity contribution in [3.8, 4) is 0 Å². The van der Waals surface area contributed by atoms with Crippen molar-refractivity contribution in [2.45, 2.75) is 83.4 Å². The first kappa shape index (κ1) is 35.2. The molecule has 0 heterocycles. The fourth-order valence-corrected chi connectivity index (χ4v) is 5.58. The van der Waals surface area contributed by atoms with Crippen molar-refractivity contribution in [2.75, 3.05) is 46.6 Å². The summed E-state index contributed by atoms with van der Waals surface area (Å²) in [7, 11) is 1.57. The van der Waals surface area contributed by atoms with Gasteiger partial charge in [-0.2, -0.15) is 0 Å². The summed E-state index contributed by atoms with van der Waals surface area (Å²) in [6, 6.07) is 16.5. The maximum atomic E-state index is 13.7. The number of nitrogens with one attached hydrogen (secondary N) is 2. The Bertz CT molecular complexity index is 1130. The third kappa shape index (κ3) is 12.0. The van der Waals surface area contributed by atoms with Crippen molar-refractivity contribution in [3.63, 3.8) is 0 Å². The highest BCUT2D eigenvalue weighted by Gasteiger charge is 2.29. The average molecular weight is 610 g/mol. The van der Waals surface area contributed by atoms with E-state index in [0.29, 0.717) is 49.8 Å². The second kappa shape index (κ2) is 19.9. The zero-order valence-corrected chi connectivity index (χ0v) is 26.7. The van der Waals surface area contributed by atoms with E-state index in [1.54, 1.807) is 31.4 Å². The summed E-state index contributed by atoms with van der Waals surface area (Å²) in [5, 5.41) is 6.76. The number of benzene rings is 2. The largest absolute Gasteiger partial charge is 0.457 e. The number of nitrogens with zero attached hydrogens (tertiary/aromatic N) is 1. The summed E-state index contributed by atoms with van der Waals surface area (Å²) in [5.74, 6) is -0.905. The lowest BCUT2D eigenvalue weighted by atomic mass is 9.94. The van der Waals surface area contributed by atoms with E-state index in [2.05, 4.69) is 10.6 Å². The second-order valence-corrected chi connectivity index (χ2v) is 11.5. The SMILES string of the molecule is CCCN(CCC)C(=O)c1cccc(C(=O)NC(Cc2ccccc2)C(CNC2CCCCC2)OC(=O)COCCOC)c1. The van der Waals surface area contributed by atoms with Crippen LogP contribution in [0.5, 0.6) is 0 Å². The summed E-state index contributed by atoms with van der Waals surface area (Å²) in [5.41, 5.74) is 1.87. The minimum atomic E-state index is -0.644. The molecule has 0 radical (unpaired) electrons. The lowest BCUT2D eigenvalue weighted by Gasteiger charge is -2.31. The van der Waals surface area contributed by atoms with E-state index < -0.39 is 18.1 Å². The number of ether oxygens (including phenoxy) is 3. The molecule has 3 rings (SSSR count). The van der Waals surface area contributed by atoms with Crippen LogP contribution in [0.2, 0.25) is 0 Å². The highest BCUT2D eigenvalue weighted by atomic mass is 16.6. The number of hydrogen-bond donors (Lipinski definition) is 2. The van der Waals surface area contributed by atoms with Gasteiger partial charge in [0.1, 0.15) is 12.7 Å². The average Bonchev–Trinajstić information content (AvgIpc) is 3.05. The van der Waals surface area contributed by atoms with Gasteiger partial charge in [-0.15, -0.1) is 0 Å². The first-order chi connectivity index (χ1) is 21.4. The van der Waals surface area contributed by atoms with Crippen molar-refractivity contribution in [2.24, 2.45) is 0 Å². The molecule has 2 aromatic rings. The van der Waals surface area contributed by atoms with Crippen LogP contribution in [0.3, 0.4) is 0 Å². The minimum Gasteiger partial charge on any atom is -0.457 e. The van der Waals surface area contributed by atoms with Crippen LogP contribution in [-0.4, -0.2) is 87.4 Å². The van der Waals surface area contributed by atoms with Crippen LogP contribution in [0, 0.1) is 0 Å². The predicted octanol–water partition coefficient (Wildman–Crippen LogP) is 4.79. The molecule has 9 nitrogen and oxygen atoms in total. The summed E-state index contributed by atoms with van der Waals surface area (Å²) in [4.78, 5) is 41.7. The number of esters is 1. The van der Waals surface area contributed by atoms with Gasteiger partial charge in [0.15, 0.2) is 0 Å². The Morgan fingerprint density at radius 1 is 0.909 bits per heavy atom. The molecule has 0 spiro atoms. The molecule has 1 saturated carbocycles. The highest BCUT2D eigenvalue weighted by Crippen LogP contribution is 2.19. The van der Waals surface area contributed by atoms with Gasteiger partial charge >= 0.3 is 5.97 Å². The molecule has 0 saturated heterocycles. The van der Waals surface area contributed by atoms with Crippen LogP contribution < -0.4 is 10.6 Å². The lowest BCUT2D eigenvalue weighted by Crippen LogP contribution is -2.52. The highest BCUT2D eigenvalue weighted by molar-refractivity contribution is 5.99. The molecule has 9 heteroatoms. The number of rotatable bonds is 19. The van der Waals surface area contributed by atoms with Crippen molar-refractivity contribution in [1.29, 1.82) is 0 Å². The molecular weight excluding hydrogens is 558 g/mol. The maximum Gasteiger partial charge on any atom is 0.332 e. The first-order valence-electron chi connectivity index (χ1n) is 16.2. The molecule has 2 N–H and O–H groups in total. The van der Waals surface area contributed by atoms with E-state index in [-0.39, 0.29) is 25.0 Å². The lowest BCUT2D eigenvalue weighted by molar-refractivity contribution is -0.156. The molecule has 1 aliphatic rings. The Morgan fingerprint density at radius 2 is 1.61 bits per heavy atom. The van der Waals surface area contributed by atoms with Gasteiger partial charge in [0.25, 0.3) is 11.8 Å². The van der Waals surface area contributed by atoms with Gasteiger partial charge in [0.05, 0.1) is 19.3 Å². The van der Waals surface area contributed by atoms with Crippen LogP contribution in [0.15, 0.2) is 54.6 Å². The van der Waals surface area contributed by atoms with Gasteiger partial charge in [-0.05, 0) is 55.9 Å². The zero-order chi connectivity index (χ0) is 31.6. The molecule has 44 heavy (non-hydrogen) atoms. The third-order valence-electron chi connectivity index (χ3n) is 7.86. The Kier molecular flexibility index (Phi) is 15.9. The fraction of sp³-hybridized carbons (Fsp3) is 0.571. The quantitative estimate of drug-likeness (QED) is 0.174. The molecule has 0 aliphatic heterocycles. The molecule has 1 aliphatic carbocycles. The van der Waals surface area contributed by atoms with Gasteiger partial charge in [0.2, 0.25) is 0 Å². The number of carbonyl (C=O) groups excluding carboxylic acids is 3. The fourth-order valence-electron chi connectivity index (χ4n) is 5.58. The number of carbonyl (C=O) groups is 3. The second-order valence-electron chi connectivity index (χ2n) is 11.5. The standard InChI is InChI=1S/C35H51N3O6/c1-4-19-38(20-5-2)35(41)29-16-12-15-28(24-29)34(40)37-31(23-27-13-8-6-9-14-27)32(25-36-30-17-10-7-11-18-30)44-33(39)26-43-22-21-42-3/h6,8-9,12-16,24,30-32,36H,4-5,7,10-11,17-23,25-26H2,1-3H3,(H,37,40). The van der Waals surface area contributed by atoms with E-state index in [1.807, 2.05) is 49.1 Å². The van der Waals surface area contributed by atoms with Crippen molar-refractivity contribution in [1.82, 2.24) is 15.5 Å². The van der Waals surface area contributed by atoms with Crippen LogP contribution in [-0.2, 0) is 25.4 Å². The van der Waals surface area contributed by atoms with E-state index >= 15 is 0 Å². The molecule has 0 bridgehead atoms. The first-order valence-corrected chi connectivity index (χ1v) is 16.2. The summed E-state index contributed by atoms with van der Waals surface area (Å²) >= 11 is 0. The van der Waals surface area contributed by atoms with Gasteiger partial charge in [-0.1, -0.05) is 69.5 Å². The Balaban J connectivity index is 1.83. The monoisotopic (exact) mass is 609 g/mol. The van der Waals surface area contributed by atoms with Gasteiger partial charge < -0.3 is 29.7 Å². The van der Waals surface area contributed by atoms with Crippen LogP contribution in [0.1, 0.15) is 85.1 Å². The molecule has 2 unspecified atom stereocenters. The van der Waals surface area contributed by atoms with Crippen molar-refractivity contribution >= 4 is 17.8 Å². The maximum absolute atomic E-state index is 13.7. The number of amides is 2. The van der Waals surface area contributed by atoms with Crippen LogP contribution in [0.4, 0.5) is 0 Å². The molecule has 2 amide bonds. The number of hydrogen-bond acceptors (Lipinski definition) is 7.